The molecule has 0 atom stereocenters. The van der Waals surface area contributed by atoms with Crippen molar-refractivity contribution < 1.29 is 4.79 Å². The van der Waals surface area contributed by atoms with Gasteiger partial charge in [-0.05, 0) is 36.3 Å². The summed E-state index contributed by atoms with van der Waals surface area (Å²) >= 11 is 7.23. The maximum absolute atomic E-state index is 12.1. The van der Waals surface area contributed by atoms with Crippen molar-refractivity contribution in [3.8, 4) is 0 Å². The van der Waals surface area contributed by atoms with Crippen molar-refractivity contribution in [2.75, 3.05) is 11.1 Å². The van der Waals surface area contributed by atoms with Gasteiger partial charge in [0.2, 0.25) is 11.1 Å². The summed E-state index contributed by atoms with van der Waals surface area (Å²) in [6.45, 7) is 1.92. The summed E-state index contributed by atoms with van der Waals surface area (Å²) in [4.78, 5) is 16.5. The van der Waals surface area contributed by atoms with E-state index in [1.54, 1.807) is 12.1 Å². The Morgan fingerprint density at radius 3 is 2.85 bits per heavy atom. The number of rotatable bonds is 6. The van der Waals surface area contributed by atoms with E-state index in [0.29, 0.717) is 21.7 Å². The number of carbonyl (C=O) groups is 1. The van der Waals surface area contributed by atoms with E-state index < -0.39 is 0 Å². The zero-order valence-electron chi connectivity index (χ0n) is 14.1. The largest absolute Gasteiger partial charge is 0.325 e. The fourth-order valence-electron chi connectivity index (χ4n) is 2.18. The third kappa shape index (κ3) is 5.21. The van der Waals surface area contributed by atoms with Crippen molar-refractivity contribution in [1.82, 2.24) is 15.2 Å². The smallest absolute Gasteiger partial charge is 0.234 e. The Kier molecular flexibility index (Phi) is 6.09. The summed E-state index contributed by atoms with van der Waals surface area (Å²) in [7, 11) is 0. The van der Waals surface area contributed by atoms with Gasteiger partial charge in [0, 0.05) is 10.7 Å². The molecule has 26 heavy (non-hydrogen) atoms. The second-order valence-electron chi connectivity index (χ2n) is 5.54. The zero-order chi connectivity index (χ0) is 18.4. The van der Waals surface area contributed by atoms with Crippen molar-refractivity contribution in [2.24, 2.45) is 0 Å². The molecule has 0 aliphatic rings. The van der Waals surface area contributed by atoms with Crippen LogP contribution in [0.3, 0.4) is 0 Å². The van der Waals surface area contributed by atoms with Crippen molar-refractivity contribution >= 4 is 47.1 Å². The fourth-order valence-corrected chi connectivity index (χ4v) is 2.96. The van der Waals surface area contributed by atoms with Gasteiger partial charge >= 0.3 is 0 Å². The van der Waals surface area contributed by atoms with E-state index >= 15 is 0 Å². The normalized spacial score (nSPS) is 11.0. The van der Waals surface area contributed by atoms with E-state index in [9.17, 15) is 4.79 Å². The van der Waals surface area contributed by atoms with E-state index in [0.717, 1.165) is 11.1 Å². The van der Waals surface area contributed by atoms with Crippen molar-refractivity contribution in [1.29, 1.82) is 0 Å². The molecule has 0 radical (unpaired) electrons. The molecule has 0 spiro atoms. The first-order valence-electron chi connectivity index (χ1n) is 7.94. The summed E-state index contributed by atoms with van der Waals surface area (Å²) in [5.74, 6) is 0.722. The predicted octanol–water partition coefficient (Wildman–Crippen LogP) is 4.67. The molecule has 0 unspecified atom stereocenters. The van der Waals surface area contributed by atoms with E-state index in [4.69, 9.17) is 11.6 Å². The van der Waals surface area contributed by atoms with Crippen LogP contribution < -0.4 is 5.32 Å². The molecule has 2 aromatic carbocycles. The monoisotopic (exact) mass is 384 g/mol. The number of halogens is 1. The van der Waals surface area contributed by atoms with Crippen LogP contribution in [-0.2, 0) is 4.79 Å². The van der Waals surface area contributed by atoms with Crippen LogP contribution in [0.1, 0.15) is 17.0 Å². The van der Waals surface area contributed by atoms with E-state index in [2.05, 4.69) is 20.5 Å². The lowest BCUT2D eigenvalue weighted by Gasteiger charge is -2.07. The molecular formula is C19H17ClN4OS. The second kappa shape index (κ2) is 8.69. The second-order valence-corrected chi connectivity index (χ2v) is 6.92. The zero-order valence-corrected chi connectivity index (χ0v) is 15.6. The first-order chi connectivity index (χ1) is 12.6. The molecule has 0 aliphatic carbocycles. The van der Waals surface area contributed by atoms with Gasteiger partial charge < -0.3 is 5.32 Å². The number of nitrogens with zero attached hydrogens (tertiary/aromatic N) is 2. The number of hydrogen-bond acceptors (Lipinski definition) is 4. The fraction of sp³-hybridized carbons (Fsp3) is 0.105. The van der Waals surface area contributed by atoms with Gasteiger partial charge in [-0.25, -0.2) is 4.98 Å². The maximum atomic E-state index is 12.1. The molecule has 0 saturated heterocycles. The topological polar surface area (TPSA) is 70.7 Å². The summed E-state index contributed by atoms with van der Waals surface area (Å²) in [6.07, 6.45) is 3.80. The molecule has 3 rings (SSSR count). The number of aromatic nitrogens is 3. The van der Waals surface area contributed by atoms with Crippen molar-refractivity contribution in [2.45, 2.75) is 12.1 Å². The number of aryl methyl sites for hydroxylation is 1. The number of H-pyrrole nitrogens is 1. The van der Waals surface area contributed by atoms with E-state index in [1.807, 2.05) is 55.5 Å². The van der Waals surface area contributed by atoms with Gasteiger partial charge in [-0.3, -0.25) is 9.89 Å². The molecule has 1 heterocycles. The van der Waals surface area contributed by atoms with Crippen molar-refractivity contribution in [3.63, 3.8) is 0 Å². The molecule has 0 aliphatic heterocycles. The number of benzene rings is 2. The van der Waals surface area contributed by atoms with Gasteiger partial charge in [0.25, 0.3) is 0 Å². The van der Waals surface area contributed by atoms with Gasteiger partial charge in [0.05, 0.1) is 5.75 Å². The molecule has 0 bridgehead atoms. The number of thioether (sulfide) groups is 1. The number of anilines is 1. The average Bonchev–Trinajstić information content (AvgIpc) is 3.10. The van der Waals surface area contributed by atoms with E-state index in [1.165, 1.54) is 11.8 Å². The van der Waals surface area contributed by atoms with Crippen LogP contribution in [0.25, 0.3) is 12.2 Å². The number of nitrogens with one attached hydrogen (secondary N) is 2. The standard InChI is InChI=1S/C19H17ClN4OS/c1-13-7-9-15(20)11-16(13)21-18(25)12-26-19-22-17(23-24-19)10-8-14-5-3-2-4-6-14/h2-11H,12H2,1H3,(H,21,25)(H,22,23,24)/b10-8+. The number of carbonyl (C=O) groups excluding carboxylic acids is 1. The van der Waals surface area contributed by atoms with Crippen LogP contribution in [-0.4, -0.2) is 26.8 Å². The molecule has 2 N–H and O–H groups in total. The lowest BCUT2D eigenvalue weighted by molar-refractivity contribution is -0.113. The lowest BCUT2D eigenvalue weighted by atomic mass is 10.2. The Balaban J connectivity index is 1.53. The van der Waals surface area contributed by atoms with Gasteiger partial charge in [-0.15, -0.1) is 5.10 Å². The summed E-state index contributed by atoms with van der Waals surface area (Å²) < 4.78 is 0. The van der Waals surface area contributed by atoms with Gasteiger partial charge in [-0.2, -0.15) is 0 Å². The average molecular weight is 385 g/mol. The predicted molar refractivity (Wildman–Crippen MR) is 107 cm³/mol. The van der Waals surface area contributed by atoms with Gasteiger partial charge in [0.15, 0.2) is 0 Å². The number of aromatic amines is 1. The minimum absolute atomic E-state index is 0.133. The molecule has 1 aromatic heterocycles. The highest BCUT2D eigenvalue weighted by Crippen LogP contribution is 2.21. The molecule has 0 fully saturated rings. The molecular weight excluding hydrogens is 368 g/mol. The SMILES string of the molecule is Cc1ccc(Cl)cc1NC(=O)CSc1n[nH]c(/C=C/c2ccccc2)n1. The van der Waals surface area contributed by atoms with Crippen LogP contribution in [0.15, 0.2) is 53.7 Å². The molecule has 0 saturated carbocycles. The summed E-state index contributed by atoms with van der Waals surface area (Å²) in [5, 5.41) is 10.9. The molecule has 1 amide bonds. The van der Waals surface area contributed by atoms with Crippen LogP contribution in [0.5, 0.6) is 0 Å². The minimum atomic E-state index is -0.133. The minimum Gasteiger partial charge on any atom is -0.325 e. The number of hydrogen-bond donors (Lipinski definition) is 2. The third-order valence-corrected chi connectivity index (χ3v) is 4.60. The Morgan fingerprint density at radius 2 is 2.04 bits per heavy atom. The maximum Gasteiger partial charge on any atom is 0.234 e. The summed E-state index contributed by atoms with van der Waals surface area (Å²) in [6, 6.07) is 15.3. The molecule has 7 heteroatoms. The first kappa shape index (κ1) is 18.2. The van der Waals surface area contributed by atoms with Gasteiger partial charge in [0.1, 0.15) is 5.82 Å². The Labute approximate surface area is 160 Å². The molecule has 3 aromatic rings. The van der Waals surface area contributed by atoms with Crippen LogP contribution in [0.2, 0.25) is 5.02 Å². The Bertz CT molecular complexity index is 924. The van der Waals surface area contributed by atoms with Crippen LogP contribution in [0.4, 0.5) is 5.69 Å². The Morgan fingerprint density at radius 1 is 1.23 bits per heavy atom. The Hall–Kier alpha value is -2.57. The third-order valence-electron chi connectivity index (χ3n) is 3.52. The van der Waals surface area contributed by atoms with Crippen LogP contribution >= 0.6 is 23.4 Å². The highest BCUT2D eigenvalue weighted by molar-refractivity contribution is 7.99. The van der Waals surface area contributed by atoms with Crippen LogP contribution in [0, 0.1) is 6.92 Å². The number of amides is 1. The summed E-state index contributed by atoms with van der Waals surface area (Å²) in [5.41, 5.74) is 2.75. The quantitative estimate of drug-likeness (QED) is 0.606. The lowest BCUT2D eigenvalue weighted by Crippen LogP contribution is -2.14. The highest BCUT2D eigenvalue weighted by atomic mass is 35.5. The van der Waals surface area contributed by atoms with Crippen molar-refractivity contribution in [3.05, 3.63) is 70.5 Å². The van der Waals surface area contributed by atoms with Gasteiger partial charge in [-0.1, -0.05) is 65.8 Å². The molecule has 5 nitrogen and oxygen atoms in total. The molecule has 132 valence electrons. The van der Waals surface area contributed by atoms with E-state index in [-0.39, 0.29) is 11.7 Å². The highest BCUT2D eigenvalue weighted by Gasteiger charge is 2.09. The first-order valence-corrected chi connectivity index (χ1v) is 9.31.